The molecule has 0 N–H and O–H groups in total. The van der Waals surface area contributed by atoms with Gasteiger partial charge in [0.15, 0.2) is 6.61 Å². The predicted octanol–water partition coefficient (Wildman–Crippen LogP) is 2.33. The van der Waals surface area contributed by atoms with Gasteiger partial charge in [-0.05, 0) is 43.7 Å². The summed E-state index contributed by atoms with van der Waals surface area (Å²) >= 11 is 0. The van der Waals surface area contributed by atoms with Crippen molar-refractivity contribution in [3.05, 3.63) is 29.3 Å². The Hall–Kier alpha value is -2.08. The van der Waals surface area contributed by atoms with Crippen molar-refractivity contribution >= 4 is 11.8 Å². The zero-order chi connectivity index (χ0) is 21.0. The first-order valence-corrected chi connectivity index (χ1v) is 10.8. The molecule has 2 fully saturated rings. The van der Waals surface area contributed by atoms with Crippen LogP contribution in [0.1, 0.15) is 31.4 Å². The number of carbonyl (C=O) groups is 2. The molecule has 2 atom stereocenters. The van der Waals surface area contributed by atoms with E-state index in [2.05, 4.69) is 24.8 Å². The minimum absolute atomic E-state index is 0.00892. The molecule has 6 heteroatoms. The van der Waals surface area contributed by atoms with Crippen molar-refractivity contribution in [2.45, 2.75) is 34.1 Å². The van der Waals surface area contributed by atoms with E-state index >= 15 is 0 Å². The molecule has 0 aromatic heterocycles. The highest BCUT2D eigenvalue weighted by atomic mass is 16.5. The molecule has 0 spiro atoms. The number of piperidine rings is 1. The fourth-order valence-corrected chi connectivity index (χ4v) is 4.51. The van der Waals surface area contributed by atoms with Crippen molar-refractivity contribution in [3.8, 4) is 5.75 Å². The third-order valence-corrected chi connectivity index (χ3v) is 5.99. The number of nitrogens with zero attached hydrogens (tertiary/aromatic N) is 3. The molecule has 6 nitrogen and oxygen atoms in total. The summed E-state index contributed by atoms with van der Waals surface area (Å²) in [5, 5.41) is 0. The molecule has 29 heavy (non-hydrogen) atoms. The van der Waals surface area contributed by atoms with E-state index in [-0.39, 0.29) is 18.4 Å². The van der Waals surface area contributed by atoms with Crippen molar-refractivity contribution in [1.29, 1.82) is 0 Å². The van der Waals surface area contributed by atoms with Gasteiger partial charge in [-0.2, -0.15) is 0 Å². The van der Waals surface area contributed by atoms with E-state index in [1.165, 1.54) is 12.0 Å². The van der Waals surface area contributed by atoms with Crippen molar-refractivity contribution in [2.75, 3.05) is 52.4 Å². The lowest BCUT2D eigenvalue weighted by Crippen LogP contribution is -2.53. The van der Waals surface area contributed by atoms with Gasteiger partial charge in [0, 0.05) is 39.3 Å². The monoisotopic (exact) mass is 401 g/mol. The van der Waals surface area contributed by atoms with E-state index in [9.17, 15) is 9.59 Å². The summed E-state index contributed by atoms with van der Waals surface area (Å²) < 4.78 is 5.73. The van der Waals surface area contributed by atoms with Gasteiger partial charge in [-0.3, -0.25) is 14.5 Å². The predicted molar refractivity (Wildman–Crippen MR) is 114 cm³/mol. The molecular formula is C23H35N3O3. The van der Waals surface area contributed by atoms with Crippen LogP contribution < -0.4 is 4.74 Å². The summed E-state index contributed by atoms with van der Waals surface area (Å²) in [6, 6.07) is 5.97. The summed E-state index contributed by atoms with van der Waals surface area (Å²) in [6.07, 6.45) is 1.20. The average Bonchev–Trinajstić information content (AvgIpc) is 2.67. The first-order chi connectivity index (χ1) is 13.8. The molecule has 2 amide bonds. The second-order valence-corrected chi connectivity index (χ2v) is 8.96. The summed E-state index contributed by atoms with van der Waals surface area (Å²) in [5.41, 5.74) is 2.22. The van der Waals surface area contributed by atoms with Crippen LogP contribution in [0.5, 0.6) is 5.75 Å². The molecule has 2 aliphatic heterocycles. The van der Waals surface area contributed by atoms with E-state index in [4.69, 9.17) is 4.74 Å². The van der Waals surface area contributed by atoms with E-state index < -0.39 is 0 Å². The average molecular weight is 402 g/mol. The Balaban J connectivity index is 1.41. The molecule has 0 bridgehead atoms. The fourth-order valence-electron chi connectivity index (χ4n) is 4.51. The molecular weight excluding hydrogens is 366 g/mol. The number of ether oxygens (including phenoxy) is 1. The molecule has 1 aromatic carbocycles. The van der Waals surface area contributed by atoms with Gasteiger partial charge in [0.05, 0.1) is 6.54 Å². The Morgan fingerprint density at radius 2 is 1.62 bits per heavy atom. The fraction of sp³-hybridized carbons (Fsp3) is 0.652. The van der Waals surface area contributed by atoms with Crippen molar-refractivity contribution in [1.82, 2.24) is 14.7 Å². The number of aryl methyl sites for hydroxylation is 2. The van der Waals surface area contributed by atoms with Crippen LogP contribution in [0.4, 0.5) is 0 Å². The van der Waals surface area contributed by atoms with Crippen molar-refractivity contribution in [2.24, 2.45) is 11.8 Å². The van der Waals surface area contributed by atoms with E-state index in [1.807, 2.05) is 35.8 Å². The summed E-state index contributed by atoms with van der Waals surface area (Å²) in [5.74, 6) is 2.15. The number of carbonyl (C=O) groups excluding carboxylic acids is 2. The largest absolute Gasteiger partial charge is 0.484 e. The summed E-state index contributed by atoms with van der Waals surface area (Å²) in [7, 11) is 0. The molecule has 2 heterocycles. The highest BCUT2D eigenvalue weighted by Crippen LogP contribution is 2.21. The number of amides is 2. The van der Waals surface area contributed by atoms with Crippen LogP contribution in [-0.4, -0.2) is 78.9 Å². The third-order valence-electron chi connectivity index (χ3n) is 5.99. The minimum Gasteiger partial charge on any atom is -0.484 e. The van der Waals surface area contributed by atoms with Crippen molar-refractivity contribution in [3.63, 3.8) is 0 Å². The maximum absolute atomic E-state index is 12.7. The van der Waals surface area contributed by atoms with E-state index in [0.717, 1.165) is 37.5 Å². The molecule has 2 unspecified atom stereocenters. The Morgan fingerprint density at radius 3 is 2.24 bits per heavy atom. The molecule has 160 valence electrons. The van der Waals surface area contributed by atoms with Gasteiger partial charge in [-0.25, -0.2) is 0 Å². The van der Waals surface area contributed by atoms with Crippen LogP contribution >= 0.6 is 0 Å². The summed E-state index contributed by atoms with van der Waals surface area (Å²) in [6.45, 7) is 13.5. The normalized spacial score (nSPS) is 23.2. The number of benzene rings is 1. The highest BCUT2D eigenvalue weighted by Gasteiger charge is 2.28. The van der Waals surface area contributed by atoms with Gasteiger partial charge in [0.2, 0.25) is 5.91 Å². The first-order valence-electron chi connectivity index (χ1n) is 10.8. The number of hydrogen-bond donors (Lipinski definition) is 0. The lowest BCUT2D eigenvalue weighted by molar-refractivity contribution is -0.137. The van der Waals surface area contributed by atoms with Gasteiger partial charge in [0.1, 0.15) is 5.75 Å². The lowest BCUT2D eigenvalue weighted by atomic mass is 9.92. The van der Waals surface area contributed by atoms with Crippen LogP contribution in [0.15, 0.2) is 18.2 Å². The number of likely N-dealkylation sites (tertiary alicyclic amines) is 1. The Labute approximate surface area is 174 Å². The van der Waals surface area contributed by atoms with Crippen LogP contribution in [0.25, 0.3) is 0 Å². The molecule has 1 aromatic rings. The van der Waals surface area contributed by atoms with Crippen molar-refractivity contribution < 1.29 is 14.3 Å². The Kier molecular flexibility index (Phi) is 7.17. The number of rotatable bonds is 5. The Morgan fingerprint density at radius 1 is 0.966 bits per heavy atom. The second-order valence-electron chi connectivity index (χ2n) is 8.96. The molecule has 2 saturated heterocycles. The molecule has 0 radical (unpaired) electrons. The van der Waals surface area contributed by atoms with Crippen LogP contribution in [-0.2, 0) is 9.59 Å². The third kappa shape index (κ3) is 5.95. The standard InChI is InChI=1S/C23H35N3O3/c1-17-5-6-21(20(4)12-17)29-16-23(28)25-9-7-24(8-10-25)15-22(27)26-13-18(2)11-19(3)14-26/h5-6,12,18-19H,7-11,13-16H2,1-4H3. The summed E-state index contributed by atoms with van der Waals surface area (Å²) in [4.78, 5) is 31.2. The van der Waals surface area contributed by atoms with Gasteiger partial charge in [-0.15, -0.1) is 0 Å². The van der Waals surface area contributed by atoms with Gasteiger partial charge in [0.25, 0.3) is 5.91 Å². The van der Waals surface area contributed by atoms with E-state index in [1.54, 1.807) is 0 Å². The van der Waals surface area contributed by atoms with E-state index in [0.29, 0.717) is 31.5 Å². The number of piperazine rings is 1. The van der Waals surface area contributed by atoms with Crippen LogP contribution in [0, 0.1) is 25.7 Å². The minimum atomic E-state index is 0.00892. The zero-order valence-electron chi connectivity index (χ0n) is 18.3. The van der Waals surface area contributed by atoms with Crippen LogP contribution in [0.3, 0.4) is 0 Å². The molecule has 2 aliphatic rings. The second kappa shape index (κ2) is 9.61. The van der Waals surface area contributed by atoms with Crippen LogP contribution in [0.2, 0.25) is 0 Å². The van der Waals surface area contributed by atoms with Gasteiger partial charge in [-0.1, -0.05) is 31.5 Å². The van der Waals surface area contributed by atoms with Gasteiger partial charge < -0.3 is 14.5 Å². The number of hydrogen-bond acceptors (Lipinski definition) is 4. The molecule has 3 rings (SSSR count). The first kappa shape index (κ1) is 21.6. The molecule has 0 saturated carbocycles. The maximum atomic E-state index is 12.7. The maximum Gasteiger partial charge on any atom is 0.260 e. The highest BCUT2D eigenvalue weighted by molar-refractivity contribution is 5.79. The topological polar surface area (TPSA) is 53.1 Å². The smallest absolute Gasteiger partial charge is 0.260 e. The lowest BCUT2D eigenvalue weighted by Gasteiger charge is -2.38. The molecule has 0 aliphatic carbocycles. The quantitative estimate of drug-likeness (QED) is 0.760. The Bertz CT molecular complexity index is 718. The van der Waals surface area contributed by atoms with Gasteiger partial charge >= 0.3 is 0 Å². The zero-order valence-corrected chi connectivity index (χ0v) is 18.3. The SMILES string of the molecule is Cc1ccc(OCC(=O)N2CCN(CC(=O)N3CC(C)CC(C)C3)CC2)c(C)c1.